The number of benzene rings is 2. The Bertz CT molecular complexity index is 1250. The number of hydrogen-bond donors (Lipinski definition) is 1. The van der Waals surface area contributed by atoms with Crippen molar-refractivity contribution in [3.63, 3.8) is 0 Å². The molecule has 0 bridgehead atoms. The highest BCUT2D eigenvalue weighted by Gasteiger charge is 2.43. The maximum Gasteiger partial charge on any atom is 0.262 e. The maximum atomic E-state index is 13.3. The molecule has 0 radical (unpaired) electrons. The number of amides is 1. The summed E-state index contributed by atoms with van der Waals surface area (Å²) in [6.07, 6.45) is 4.30. The maximum absolute atomic E-state index is 13.3. The number of Topliss-reactive ketones (excluding diaryl/α,β-unsaturated/α-hetero) is 2. The number of nitrogens with one attached hydrogen (secondary N) is 1. The zero-order valence-electron chi connectivity index (χ0n) is 20.9. The van der Waals surface area contributed by atoms with Gasteiger partial charge in [0.2, 0.25) is 0 Å². The molecule has 2 aliphatic carbocycles. The van der Waals surface area contributed by atoms with Gasteiger partial charge in [0.25, 0.3) is 5.91 Å². The number of aryl methyl sites for hydroxylation is 1. The van der Waals surface area contributed by atoms with Crippen molar-refractivity contribution in [2.24, 2.45) is 0 Å². The minimum Gasteiger partial charge on any atom is -0.483 e. The molecule has 1 N–H and O–H groups in total. The predicted molar refractivity (Wildman–Crippen MR) is 139 cm³/mol. The van der Waals surface area contributed by atoms with Crippen LogP contribution in [0, 0.1) is 6.92 Å². The molecular weight excluding hydrogens is 452 g/mol. The van der Waals surface area contributed by atoms with Crippen LogP contribution in [0.15, 0.2) is 71.1 Å². The van der Waals surface area contributed by atoms with Crippen LogP contribution in [0.5, 0.6) is 5.75 Å². The van der Waals surface area contributed by atoms with E-state index in [2.05, 4.69) is 17.1 Å². The Kier molecular flexibility index (Phi) is 6.77. The highest BCUT2D eigenvalue weighted by atomic mass is 16.5. The van der Waals surface area contributed by atoms with Gasteiger partial charge in [0, 0.05) is 59.1 Å². The van der Waals surface area contributed by atoms with Crippen molar-refractivity contribution >= 4 is 23.2 Å². The molecule has 0 unspecified atom stereocenters. The normalized spacial score (nSPS) is 18.2. The summed E-state index contributed by atoms with van der Waals surface area (Å²) in [5, 5.41) is 2.87. The number of carbonyl (C=O) groups excluding carboxylic acids is 3. The number of rotatable bonds is 6. The van der Waals surface area contributed by atoms with Gasteiger partial charge in [0.05, 0.1) is 0 Å². The van der Waals surface area contributed by atoms with Crippen molar-refractivity contribution in [1.29, 1.82) is 0 Å². The van der Waals surface area contributed by atoms with E-state index in [0.717, 1.165) is 65.9 Å². The van der Waals surface area contributed by atoms with Crippen LogP contribution in [0.25, 0.3) is 0 Å². The number of ether oxygens (including phenoxy) is 1. The van der Waals surface area contributed by atoms with E-state index < -0.39 is 5.92 Å². The summed E-state index contributed by atoms with van der Waals surface area (Å²) in [7, 11) is 0. The van der Waals surface area contributed by atoms with Gasteiger partial charge in [0.15, 0.2) is 18.2 Å². The molecule has 5 rings (SSSR count). The average Bonchev–Trinajstić information content (AvgIpc) is 2.87. The summed E-state index contributed by atoms with van der Waals surface area (Å²) in [5.41, 5.74) is 6.13. The first-order chi connectivity index (χ1) is 17.5. The Hall–Kier alpha value is -3.67. The molecule has 0 fully saturated rings. The average molecular weight is 485 g/mol. The van der Waals surface area contributed by atoms with Crippen LogP contribution in [0.4, 0.5) is 5.69 Å². The van der Waals surface area contributed by atoms with E-state index in [4.69, 9.17) is 4.74 Å². The van der Waals surface area contributed by atoms with Gasteiger partial charge in [-0.1, -0.05) is 30.3 Å². The summed E-state index contributed by atoms with van der Waals surface area (Å²) in [6, 6.07) is 15.1. The fraction of sp³-hybridized carbons (Fsp3) is 0.367. The van der Waals surface area contributed by atoms with Crippen molar-refractivity contribution < 1.29 is 19.1 Å². The predicted octanol–water partition coefficient (Wildman–Crippen LogP) is 5.45. The highest BCUT2D eigenvalue weighted by molar-refractivity contribution is 6.06. The third-order valence-electron chi connectivity index (χ3n) is 7.29. The summed E-state index contributed by atoms with van der Waals surface area (Å²) in [6.45, 7) is 4.62. The zero-order chi connectivity index (χ0) is 25.2. The van der Waals surface area contributed by atoms with E-state index in [1.54, 1.807) is 0 Å². The molecule has 2 aromatic carbocycles. The van der Waals surface area contributed by atoms with Crippen molar-refractivity contribution in [2.45, 2.75) is 58.3 Å². The van der Waals surface area contributed by atoms with Gasteiger partial charge in [-0.3, -0.25) is 14.4 Å². The molecule has 0 saturated carbocycles. The quantitative estimate of drug-likeness (QED) is 0.590. The summed E-state index contributed by atoms with van der Waals surface area (Å²) in [4.78, 5) is 41.6. The minimum atomic E-state index is -0.450. The van der Waals surface area contributed by atoms with Crippen LogP contribution in [-0.4, -0.2) is 35.5 Å². The number of anilines is 1. The number of para-hydroxylation sites is 1. The van der Waals surface area contributed by atoms with E-state index >= 15 is 0 Å². The van der Waals surface area contributed by atoms with Gasteiger partial charge in [-0.05, 0) is 63.3 Å². The lowest BCUT2D eigenvalue weighted by molar-refractivity contribution is -0.119. The Morgan fingerprint density at radius 1 is 0.944 bits per heavy atom. The Morgan fingerprint density at radius 3 is 2.25 bits per heavy atom. The number of nitrogens with zero attached hydrogens (tertiary/aromatic N) is 1. The molecule has 0 aromatic heterocycles. The van der Waals surface area contributed by atoms with Crippen LogP contribution in [0.1, 0.15) is 62.5 Å². The van der Waals surface area contributed by atoms with Crippen LogP contribution in [-0.2, 0) is 14.4 Å². The number of hydrogen-bond acceptors (Lipinski definition) is 5. The molecule has 0 spiro atoms. The molecule has 2 aromatic rings. The third kappa shape index (κ3) is 4.48. The van der Waals surface area contributed by atoms with Crippen LogP contribution < -0.4 is 10.1 Å². The van der Waals surface area contributed by atoms with Crippen LogP contribution in [0.3, 0.4) is 0 Å². The molecule has 1 aliphatic heterocycles. The van der Waals surface area contributed by atoms with Crippen molar-refractivity contribution in [1.82, 2.24) is 4.90 Å². The number of ketones is 2. The molecule has 36 heavy (non-hydrogen) atoms. The number of carbonyl (C=O) groups is 3. The molecule has 0 atom stereocenters. The second-order valence-electron chi connectivity index (χ2n) is 9.70. The van der Waals surface area contributed by atoms with E-state index in [1.165, 1.54) is 0 Å². The Labute approximate surface area is 212 Å². The van der Waals surface area contributed by atoms with E-state index in [-0.39, 0.29) is 24.1 Å². The molecule has 3 aliphatic rings. The lowest BCUT2D eigenvalue weighted by Crippen LogP contribution is -2.39. The molecule has 1 amide bonds. The van der Waals surface area contributed by atoms with Gasteiger partial charge >= 0.3 is 0 Å². The van der Waals surface area contributed by atoms with Crippen LogP contribution >= 0.6 is 0 Å². The smallest absolute Gasteiger partial charge is 0.262 e. The van der Waals surface area contributed by atoms with Gasteiger partial charge in [-0.15, -0.1) is 0 Å². The minimum absolute atomic E-state index is 0.108. The highest BCUT2D eigenvalue weighted by Crippen LogP contribution is 2.50. The van der Waals surface area contributed by atoms with Crippen molar-refractivity contribution in [2.75, 3.05) is 18.5 Å². The third-order valence-corrected chi connectivity index (χ3v) is 7.29. The Morgan fingerprint density at radius 2 is 1.61 bits per heavy atom. The van der Waals surface area contributed by atoms with E-state index in [9.17, 15) is 14.4 Å². The lowest BCUT2D eigenvalue weighted by atomic mass is 9.70. The molecular formula is C30H32N2O4. The molecule has 6 heteroatoms. The van der Waals surface area contributed by atoms with Gasteiger partial charge in [-0.25, -0.2) is 0 Å². The first-order valence-corrected chi connectivity index (χ1v) is 12.9. The summed E-state index contributed by atoms with van der Waals surface area (Å²) in [5.74, 6) is 0.0310. The second-order valence-corrected chi connectivity index (χ2v) is 9.70. The van der Waals surface area contributed by atoms with E-state index in [1.807, 2.05) is 55.5 Å². The molecule has 0 saturated heterocycles. The monoisotopic (exact) mass is 484 g/mol. The molecule has 6 nitrogen and oxygen atoms in total. The van der Waals surface area contributed by atoms with Crippen LogP contribution in [0.2, 0.25) is 0 Å². The standard InChI is InChI=1S/C30H32N2O4/c1-3-32-22-12-7-14-24(33)29(22)28(30-23(32)13-8-15-25(30)34)21-11-4-5-16-26(21)36-18-27(35)31-20-10-6-9-19(2)17-20/h4-6,9-11,16-17,28H,3,7-8,12-15,18H2,1-2H3,(H,31,35). The molecule has 186 valence electrons. The fourth-order valence-electron chi connectivity index (χ4n) is 5.82. The first kappa shape index (κ1) is 24.0. The first-order valence-electron chi connectivity index (χ1n) is 12.9. The number of allylic oxidation sites excluding steroid dienone is 4. The lowest BCUT2D eigenvalue weighted by Gasteiger charge is -2.43. The summed E-state index contributed by atoms with van der Waals surface area (Å²) < 4.78 is 6.04. The fourth-order valence-corrected chi connectivity index (χ4v) is 5.82. The Balaban J connectivity index is 1.50. The molecule has 1 heterocycles. The van der Waals surface area contributed by atoms with Crippen molar-refractivity contribution in [3.05, 3.63) is 82.2 Å². The van der Waals surface area contributed by atoms with Gasteiger partial charge in [0.1, 0.15) is 5.75 Å². The second kappa shape index (κ2) is 10.1. The van der Waals surface area contributed by atoms with Gasteiger partial charge in [-0.2, -0.15) is 0 Å². The zero-order valence-corrected chi connectivity index (χ0v) is 20.9. The van der Waals surface area contributed by atoms with Gasteiger partial charge < -0.3 is 15.0 Å². The van der Waals surface area contributed by atoms with Crippen molar-refractivity contribution in [3.8, 4) is 5.75 Å². The largest absolute Gasteiger partial charge is 0.483 e. The van der Waals surface area contributed by atoms with E-state index in [0.29, 0.717) is 24.3 Å². The summed E-state index contributed by atoms with van der Waals surface area (Å²) >= 11 is 0. The SMILES string of the molecule is CCN1C2=C(C(=O)CCC2)C(c2ccccc2OCC(=O)Nc2cccc(C)c2)C2=C1CCCC2=O. The topological polar surface area (TPSA) is 75.7 Å².